The van der Waals surface area contributed by atoms with E-state index < -0.39 is 0 Å². The van der Waals surface area contributed by atoms with Crippen LogP contribution in [0.1, 0.15) is 39.0 Å². The van der Waals surface area contributed by atoms with Gasteiger partial charge in [0.05, 0.1) is 13.2 Å². The molecule has 0 aromatic heterocycles. The van der Waals surface area contributed by atoms with Gasteiger partial charge in [0, 0.05) is 6.54 Å². The number of nitrogens with one attached hydrogen (secondary N) is 1. The average molecular weight is 183 g/mol. The van der Waals surface area contributed by atoms with Crippen molar-refractivity contribution in [3.8, 4) is 0 Å². The van der Waals surface area contributed by atoms with Crippen molar-refractivity contribution in [2.45, 2.75) is 39.0 Å². The van der Waals surface area contributed by atoms with Crippen molar-refractivity contribution in [1.29, 1.82) is 0 Å². The maximum atomic E-state index is 2.42. The van der Waals surface area contributed by atoms with E-state index in [-0.39, 0.29) is 0 Å². The van der Waals surface area contributed by atoms with Crippen LogP contribution in [0.4, 0.5) is 0 Å². The van der Waals surface area contributed by atoms with Crippen molar-refractivity contribution in [2.24, 2.45) is 0 Å². The van der Waals surface area contributed by atoms with E-state index in [4.69, 9.17) is 0 Å². The molecule has 1 aliphatic heterocycles. The summed E-state index contributed by atoms with van der Waals surface area (Å²) in [5.74, 6) is 0. The lowest BCUT2D eigenvalue weighted by Crippen LogP contribution is -3.03. The highest BCUT2D eigenvalue weighted by molar-refractivity contribution is 4.76. The van der Waals surface area contributed by atoms with Gasteiger partial charge in [0.25, 0.3) is 0 Å². The van der Waals surface area contributed by atoms with E-state index in [2.05, 4.69) is 31.3 Å². The van der Waals surface area contributed by atoms with Crippen LogP contribution in [0.25, 0.3) is 0 Å². The largest absolute Gasteiger partial charge is 0.326 e. The molecule has 1 heterocycles. The molecule has 0 spiro atoms. The van der Waals surface area contributed by atoms with Crippen molar-refractivity contribution in [1.82, 2.24) is 4.90 Å². The number of rotatable bonds is 6. The van der Waals surface area contributed by atoms with E-state index in [0.29, 0.717) is 0 Å². The van der Waals surface area contributed by atoms with Crippen LogP contribution in [0.2, 0.25) is 0 Å². The van der Waals surface area contributed by atoms with Gasteiger partial charge in [-0.2, -0.15) is 0 Å². The van der Waals surface area contributed by atoms with Gasteiger partial charge in [-0.3, -0.25) is 4.90 Å². The van der Waals surface area contributed by atoms with E-state index in [1.54, 1.807) is 0 Å². The van der Waals surface area contributed by atoms with Gasteiger partial charge in [-0.25, -0.2) is 0 Å². The Morgan fingerprint density at radius 1 is 1.23 bits per heavy atom. The predicted octanol–water partition coefficient (Wildman–Crippen LogP) is 1.22. The molecule has 1 rings (SSSR count). The molecular formula is C11H23N2+. The normalized spacial score (nSPS) is 21.4. The van der Waals surface area contributed by atoms with E-state index in [1.807, 2.05) is 0 Å². The molecule has 0 fully saturated rings. The minimum atomic E-state index is 1.16. The summed E-state index contributed by atoms with van der Waals surface area (Å²) in [6.45, 7) is 4.67. The summed E-state index contributed by atoms with van der Waals surface area (Å²) >= 11 is 0. The van der Waals surface area contributed by atoms with E-state index in [1.165, 1.54) is 43.5 Å². The molecule has 0 amide bonds. The molecule has 1 unspecified atom stereocenters. The Hall–Kier alpha value is -0.500. The topological polar surface area (TPSA) is 7.68 Å². The fourth-order valence-electron chi connectivity index (χ4n) is 1.73. The molecule has 1 atom stereocenters. The standard InChI is InChI=1S/C11H22N2/c1-3-4-5-6-7-8-13-10-9-12(2)11-13/h9-10H,3-8,11H2,1-2H3/p+1. The summed E-state index contributed by atoms with van der Waals surface area (Å²) < 4.78 is 0. The molecule has 0 aromatic rings. The first-order valence-corrected chi connectivity index (χ1v) is 5.57. The first kappa shape index (κ1) is 10.6. The van der Waals surface area contributed by atoms with Gasteiger partial charge < -0.3 is 4.90 Å². The molecule has 0 radical (unpaired) electrons. The molecule has 76 valence electrons. The Morgan fingerprint density at radius 2 is 2.00 bits per heavy atom. The highest BCUT2D eigenvalue weighted by Gasteiger charge is 2.10. The summed E-state index contributed by atoms with van der Waals surface area (Å²) in [5.41, 5.74) is 0. The lowest BCUT2D eigenvalue weighted by atomic mass is 10.1. The zero-order chi connectivity index (χ0) is 9.52. The third kappa shape index (κ3) is 4.32. The fourth-order valence-corrected chi connectivity index (χ4v) is 1.73. The zero-order valence-electron chi connectivity index (χ0n) is 9.05. The van der Waals surface area contributed by atoms with Gasteiger partial charge in [0.2, 0.25) is 0 Å². The summed E-state index contributed by atoms with van der Waals surface area (Å²) in [6.07, 6.45) is 11.4. The molecule has 2 nitrogen and oxygen atoms in total. The first-order chi connectivity index (χ1) is 6.33. The lowest BCUT2D eigenvalue weighted by Gasteiger charge is -2.14. The molecule has 0 saturated carbocycles. The van der Waals surface area contributed by atoms with Crippen LogP contribution in [-0.2, 0) is 0 Å². The van der Waals surface area contributed by atoms with Crippen LogP contribution in [0, 0.1) is 0 Å². The van der Waals surface area contributed by atoms with E-state index in [9.17, 15) is 0 Å². The highest BCUT2D eigenvalue weighted by atomic mass is 15.3. The van der Waals surface area contributed by atoms with Gasteiger partial charge in [0.15, 0.2) is 6.67 Å². The van der Waals surface area contributed by atoms with Crippen molar-refractivity contribution >= 4 is 0 Å². The van der Waals surface area contributed by atoms with E-state index >= 15 is 0 Å². The average Bonchev–Trinajstić information content (AvgIpc) is 2.51. The summed E-state index contributed by atoms with van der Waals surface area (Å²) in [6, 6.07) is 0. The number of quaternary nitrogens is 1. The van der Waals surface area contributed by atoms with Gasteiger partial charge in [-0.05, 0) is 6.42 Å². The molecule has 0 saturated heterocycles. The maximum Gasteiger partial charge on any atom is 0.156 e. The molecule has 1 N–H and O–H groups in total. The van der Waals surface area contributed by atoms with Gasteiger partial charge >= 0.3 is 0 Å². The number of unbranched alkanes of at least 4 members (excludes halogenated alkanes) is 4. The zero-order valence-corrected chi connectivity index (χ0v) is 9.05. The lowest BCUT2D eigenvalue weighted by molar-refractivity contribution is -0.826. The van der Waals surface area contributed by atoms with Crippen molar-refractivity contribution in [2.75, 3.05) is 20.3 Å². The Bertz CT molecular complexity index is 154. The van der Waals surface area contributed by atoms with E-state index in [0.717, 1.165) is 6.67 Å². The molecule has 2 heteroatoms. The Labute approximate surface area is 82.2 Å². The van der Waals surface area contributed by atoms with Crippen LogP contribution >= 0.6 is 0 Å². The number of hydrogen-bond acceptors (Lipinski definition) is 1. The molecule has 0 aliphatic carbocycles. The molecule has 0 aromatic carbocycles. The maximum absolute atomic E-state index is 2.42. The van der Waals surface area contributed by atoms with Crippen molar-refractivity contribution < 1.29 is 4.90 Å². The quantitative estimate of drug-likeness (QED) is 0.608. The SMILES string of the molecule is CCCCCCCN1C=C[NH+](C)C1. The molecule has 1 aliphatic rings. The third-order valence-corrected chi connectivity index (χ3v) is 2.57. The smallest absolute Gasteiger partial charge is 0.156 e. The molecular weight excluding hydrogens is 160 g/mol. The minimum absolute atomic E-state index is 1.16. The summed E-state index contributed by atoms with van der Waals surface area (Å²) in [4.78, 5) is 3.91. The molecule has 13 heavy (non-hydrogen) atoms. The highest BCUT2D eigenvalue weighted by Crippen LogP contribution is 2.03. The summed E-state index contributed by atoms with van der Waals surface area (Å²) in [7, 11) is 2.20. The Balaban J connectivity index is 1.92. The van der Waals surface area contributed by atoms with Gasteiger partial charge in [0.1, 0.15) is 6.20 Å². The third-order valence-electron chi connectivity index (χ3n) is 2.57. The minimum Gasteiger partial charge on any atom is -0.326 e. The van der Waals surface area contributed by atoms with Gasteiger partial charge in [-0.1, -0.05) is 32.6 Å². The number of nitrogens with zero attached hydrogens (tertiary/aromatic N) is 1. The second-order valence-corrected chi connectivity index (χ2v) is 4.05. The van der Waals surface area contributed by atoms with Crippen molar-refractivity contribution in [3.63, 3.8) is 0 Å². The fraction of sp³-hybridized carbons (Fsp3) is 0.818. The second kappa shape index (κ2) is 6.03. The van der Waals surface area contributed by atoms with Crippen LogP contribution in [0.3, 0.4) is 0 Å². The van der Waals surface area contributed by atoms with Gasteiger partial charge in [-0.15, -0.1) is 0 Å². The summed E-state index contributed by atoms with van der Waals surface area (Å²) in [5, 5.41) is 0. The van der Waals surface area contributed by atoms with Crippen LogP contribution < -0.4 is 4.90 Å². The first-order valence-electron chi connectivity index (χ1n) is 5.57. The van der Waals surface area contributed by atoms with Crippen LogP contribution in [-0.4, -0.2) is 25.2 Å². The monoisotopic (exact) mass is 183 g/mol. The molecule has 0 bridgehead atoms. The van der Waals surface area contributed by atoms with Crippen molar-refractivity contribution in [3.05, 3.63) is 12.4 Å². The second-order valence-electron chi connectivity index (χ2n) is 4.05. The Morgan fingerprint density at radius 3 is 2.62 bits per heavy atom. The van der Waals surface area contributed by atoms with Crippen LogP contribution in [0.15, 0.2) is 12.4 Å². The predicted molar refractivity (Wildman–Crippen MR) is 56.4 cm³/mol. The number of hydrogen-bond donors (Lipinski definition) is 1. The Kier molecular flexibility index (Phi) is 4.91. The van der Waals surface area contributed by atoms with Crippen LogP contribution in [0.5, 0.6) is 0 Å².